The molecule has 35 heavy (non-hydrogen) atoms. The Kier molecular flexibility index (Phi) is 7.10. The lowest BCUT2D eigenvalue weighted by molar-refractivity contribution is -0.137. The number of benzene rings is 3. The van der Waals surface area contributed by atoms with E-state index in [-0.39, 0.29) is 30.2 Å². The Morgan fingerprint density at radius 3 is 2.20 bits per heavy atom. The molecule has 1 atom stereocenters. The maximum atomic E-state index is 14.6. The summed E-state index contributed by atoms with van der Waals surface area (Å²) in [7, 11) is 0. The fourth-order valence-electron chi connectivity index (χ4n) is 4.28. The number of ether oxygens (including phenoxy) is 1. The summed E-state index contributed by atoms with van der Waals surface area (Å²) < 4.78 is 20.0. The molecular weight excluding hydrogens is 451 g/mol. The van der Waals surface area contributed by atoms with Crippen molar-refractivity contribution in [2.75, 3.05) is 11.9 Å². The molecule has 1 aliphatic carbocycles. The second-order valence-corrected chi connectivity index (χ2v) is 8.32. The van der Waals surface area contributed by atoms with Crippen LogP contribution in [0.25, 0.3) is 11.1 Å². The van der Waals surface area contributed by atoms with Crippen molar-refractivity contribution in [1.29, 1.82) is 0 Å². The molecular formula is C27H25FN2O5. The summed E-state index contributed by atoms with van der Waals surface area (Å²) in [5, 5.41) is 13.9. The molecule has 0 spiro atoms. The lowest BCUT2D eigenvalue weighted by atomic mass is 9.98. The van der Waals surface area contributed by atoms with Gasteiger partial charge in [-0.15, -0.1) is 0 Å². The number of halogens is 1. The van der Waals surface area contributed by atoms with Gasteiger partial charge >= 0.3 is 12.1 Å². The third kappa shape index (κ3) is 5.32. The second kappa shape index (κ2) is 10.4. The highest BCUT2D eigenvalue weighted by molar-refractivity contribution is 5.95. The SMILES string of the molecule is CC[C@@H](CC(=O)O)NC(=O)c1ccc(NC(=O)OCC2c3ccccc3-c3ccccc32)c(F)c1. The van der Waals surface area contributed by atoms with Crippen LogP contribution in [0.15, 0.2) is 66.7 Å². The third-order valence-corrected chi connectivity index (χ3v) is 6.06. The number of amides is 2. The molecule has 8 heteroatoms. The first-order valence-corrected chi connectivity index (χ1v) is 11.3. The highest BCUT2D eigenvalue weighted by Crippen LogP contribution is 2.44. The Hall–Kier alpha value is -4.20. The van der Waals surface area contributed by atoms with Gasteiger partial charge in [0.1, 0.15) is 12.4 Å². The van der Waals surface area contributed by atoms with Crippen molar-refractivity contribution in [1.82, 2.24) is 5.32 Å². The average Bonchev–Trinajstić information content (AvgIpc) is 3.17. The number of nitrogens with one attached hydrogen (secondary N) is 2. The van der Waals surface area contributed by atoms with Gasteiger partial charge in [0.2, 0.25) is 0 Å². The topological polar surface area (TPSA) is 105 Å². The summed E-state index contributed by atoms with van der Waals surface area (Å²) in [5.74, 6) is -2.56. The zero-order chi connectivity index (χ0) is 24.9. The Bertz CT molecular complexity index is 1230. The molecule has 0 unspecified atom stereocenters. The number of carboxylic acid groups (broad SMARTS) is 1. The molecule has 0 saturated heterocycles. The molecule has 0 saturated carbocycles. The van der Waals surface area contributed by atoms with Gasteiger partial charge < -0.3 is 15.2 Å². The first-order valence-electron chi connectivity index (χ1n) is 11.3. The van der Waals surface area contributed by atoms with Gasteiger partial charge in [0.25, 0.3) is 5.91 Å². The molecule has 3 aromatic carbocycles. The van der Waals surface area contributed by atoms with Gasteiger partial charge in [-0.3, -0.25) is 14.9 Å². The van der Waals surface area contributed by atoms with Crippen LogP contribution >= 0.6 is 0 Å². The summed E-state index contributed by atoms with van der Waals surface area (Å²) in [6, 6.07) is 18.9. The number of fused-ring (bicyclic) bond motifs is 3. The normalized spacial score (nSPS) is 12.9. The van der Waals surface area contributed by atoms with Crippen molar-refractivity contribution < 1.29 is 28.6 Å². The van der Waals surface area contributed by atoms with Gasteiger partial charge in [-0.2, -0.15) is 0 Å². The third-order valence-electron chi connectivity index (χ3n) is 6.06. The molecule has 0 aliphatic heterocycles. The Morgan fingerprint density at radius 1 is 1.00 bits per heavy atom. The molecule has 3 aromatic rings. The summed E-state index contributed by atoms with van der Waals surface area (Å²) in [6.45, 7) is 1.83. The standard InChI is InChI=1S/C27H25FN2O5/c1-2-17(14-25(31)32)29-26(33)16-11-12-24(23(28)13-16)30-27(34)35-15-22-20-9-5-3-7-18(20)19-8-4-6-10-21(19)22/h3-13,17,22H,2,14-15H2,1H3,(H,29,33)(H,30,34)(H,31,32)/t17-/m0/s1. The first kappa shape index (κ1) is 23.9. The van der Waals surface area contributed by atoms with Crippen LogP contribution < -0.4 is 10.6 Å². The number of carbonyl (C=O) groups excluding carboxylic acids is 2. The molecule has 0 aromatic heterocycles. The van der Waals surface area contributed by atoms with E-state index < -0.39 is 29.8 Å². The van der Waals surface area contributed by atoms with Crippen molar-refractivity contribution in [2.24, 2.45) is 0 Å². The van der Waals surface area contributed by atoms with Gasteiger partial charge in [-0.25, -0.2) is 9.18 Å². The minimum absolute atomic E-state index is 0.0180. The van der Waals surface area contributed by atoms with Gasteiger partial charge in [-0.05, 0) is 46.9 Å². The molecule has 2 amide bonds. The van der Waals surface area contributed by atoms with E-state index >= 15 is 0 Å². The molecule has 3 N–H and O–H groups in total. The molecule has 0 fully saturated rings. The van der Waals surface area contributed by atoms with Gasteiger partial charge in [0.15, 0.2) is 0 Å². The van der Waals surface area contributed by atoms with Crippen LogP contribution in [-0.2, 0) is 9.53 Å². The number of rotatable bonds is 8. The van der Waals surface area contributed by atoms with Crippen LogP contribution in [0.3, 0.4) is 0 Å². The molecule has 4 rings (SSSR count). The Morgan fingerprint density at radius 2 is 1.63 bits per heavy atom. The van der Waals surface area contributed by atoms with Crippen molar-refractivity contribution in [3.63, 3.8) is 0 Å². The highest BCUT2D eigenvalue weighted by Gasteiger charge is 2.29. The second-order valence-electron chi connectivity index (χ2n) is 8.32. The summed E-state index contributed by atoms with van der Waals surface area (Å²) in [6.07, 6.45) is -0.621. The Balaban J connectivity index is 1.38. The van der Waals surface area contributed by atoms with Gasteiger partial charge in [-0.1, -0.05) is 55.5 Å². The van der Waals surface area contributed by atoms with Crippen molar-refractivity contribution in [3.05, 3.63) is 89.2 Å². The monoisotopic (exact) mass is 476 g/mol. The van der Waals surface area contributed by atoms with Gasteiger partial charge in [0.05, 0.1) is 12.1 Å². The fourth-order valence-corrected chi connectivity index (χ4v) is 4.28. The lowest BCUT2D eigenvalue weighted by Crippen LogP contribution is -2.36. The summed E-state index contributed by atoms with van der Waals surface area (Å²) >= 11 is 0. The van der Waals surface area contributed by atoms with Crippen LogP contribution in [0.4, 0.5) is 14.9 Å². The van der Waals surface area contributed by atoms with Crippen LogP contribution in [0.2, 0.25) is 0 Å². The molecule has 0 bridgehead atoms. The van der Waals surface area contributed by atoms with E-state index in [1.54, 1.807) is 6.92 Å². The van der Waals surface area contributed by atoms with Crippen molar-refractivity contribution in [3.8, 4) is 11.1 Å². The predicted molar refractivity (Wildman–Crippen MR) is 129 cm³/mol. The van der Waals surface area contributed by atoms with E-state index in [9.17, 15) is 18.8 Å². The van der Waals surface area contributed by atoms with Gasteiger partial charge in [0, 0.05) is 17.5 Å². The number of carboxylic acids is 1. The van der Waals surface area contributed by atoms with Crippen LogP contribution in [0.1, 0.15) is 47.2 Å². The minimum Gasteiger partial charge on any atom is -0.481 e. The molecule has 7 nitrogen and oxygen atoms in total. The van der Waals surface area contributed by atoms with E-state index in [4.69, 9.17) is 9.84 Å². The van der Waals surface area contributed by atoms with Crippen molar-refractivity contribution >= 4 is 23.7 Å². The zero-order valence-corrected chi connectivity index (χ0v) is 19.1. The maximum Gasteiger partial charge on any atom is 0.411 e. The Labute approximate surface area is 201 Å². The number of anilines is 1. The number of carbonyl (C=O) groups is 3. The molecule has 180 valence electrons. The highest BCUT2D eigenvalue weighted by atomic mass is 19.1. The lowest BCUT2D eigenvalue weighted by Gasteiger charge is -2.16. The van der Waals surface area contributed by atoms with E-state index in [0.717, 1.165) is 28.3 Å². The fraction of sp³-hybridized carbons (Fsp3) is 0.222. The largest absolute Gasteiger partial charge is 0.481 e. The quantitative estimate of drug-likeness (QED) is 0.416. The van der Waals surface area contributed by atoms with E-state index in [1.165, 1.54) is 12.1 Å². The zero-order valence-electron chi connectivity index (χ0n) is 19.1. The van der Waals surface area contributed by atoms with E-state index in [2.05, 4.69) is 10.6 Å². The number of hydrogen-bond acceptors (Lipinski definition) is 4. The molecule has 0 heterocycles. The van der Waals surface area contributed by atoms with Crippen molar-refractivity contribution in [2.45, 2.75) is 31.7 Å². The predicted octanol–water partition coefficient (Wildman–Crippen LogP) is 5.17. The summed E-state index contributed by atoms with van der Waals surface area (Å²) in [4.78, 5) is 35.6. The van der Waals surface area contributed by atoms with Crippen LogP contribution in [0.5, 0.6) is 0 Å². The van der Waals surface area contributed by atoms with Crippen LogP contribution in [0, 0.1) is 5.82 Å². The number of hydrogen-bond donors (Lipinski definition) is 3. The first-order chi connectivity index (χ1) is 16.9. The number of aliphatic carboxylic acids is 1. The van der Waals surface area contributed by atoms with Crippen LogP contribution in [-0.4, -0.2) is 35.7 Å². The molecule has 1 aliphatic rings. The van der Waals surface area contributed by atoms with E-state index in [0.29, 0.717) is 6.42 Å². The molecule has 0 radical (unpaired) electrons. The summed E-state index contributed by atoms with van der Waals surface area (Å²) in [5.41, 5.74) is 4.23. The minimum atomic E-state index is -1.04. The maximum absolute atomic E-state index is 14.6. The average molecular weight is 477 g/mol. The smallest absolute Gasteiger partial charge is 0.411 e. The van der Waals surface area contributed by atoms with E-state index in [1.807, 2.05) is 48.5 Å².